The van der Waals surface area contributed by atoms with Crippen LogP contribution < -0.4 is 26.6 Å². The molecule has 5 rings (SSSR count). The zero-order valence-corrected chi connectivity index (χ0v) is 28.1. The maximum absolute atomic E-state index is 13.1. The highest BCUT2D eigenvalue weighted by Crippen LogP contribution is 2.28. The Labute approximate surface area is 290 Å². The van der Waals surface area contributed by atoms with Crippen LogP contribution in [0.3, 0.4) is 0 Å². The molecule has 14 nitrogen and oxygen atoms in total. The number of ether oxygens (including phenoxy) is 2. The van der Waals surface area contributed by atoms with Crippen molar-refractivity contribution in [2.24, 2.45) is 5.14 Å². The molecule has 1 aliphatic rings. The van der Waals surface area contributed by atoms with Crippen molar-refractivity contribution in [3.05, 3.63) is 110 Å². The predicted octanol–water partition coefficient (Wildman–Crippen LogP) is 3.56. The lowest BCUT2D eigenvalue weighted by Crippen LogP contribution is -2.27. The number of amides is 1. The van der Waals surface area contributed by atoms with Gasteiger partial charge < -0.3 is 25.6 Å². The number of carbonyl (C=O) groups excluding carboxylic acids is 2. The Kier molecular flexibility index (Phi) is 12.1. The third-order valence-corrected chi connectivity index (χ3v) is 8.45. The van der Waals surface area contributed by atoms with E-state index in [1.54, 1.807) is 19.2 Å². The second kappa shape index (κ2) is 16.1. The number of hydrogen-bond donors (Lipinski definition) is 4. The third kappa shape index (κ3) is 9.86. The number of nitrogens with one attached hydrogen (secondary N) is 1. The highest BCUT2D eigenvalue weighted by atomic mass is 35.5. The number of nitrogens with zero attached hydrogens (tertiary/aromatic N) is 3. The molecule has 1 amide bonds. The SMILES string of the molecule is Cc1cc(S(N)(=O)=O)ccc1NC(=O)COc1ccc(Cl)cc1C(=O)c1cc(Cl)cc(C#N)c1.Nc1ccn([C@H]2CC[C@@H](CO)O2)c(=O)n1. The van der Waals surface area contributed by atoms with Crippen molar-refractivity contribution in [3.63, 3.8) is 0 Å². The first-order valence-electron chi connectivity index (χ1n) is 14.4. The van der Waals surface area contributed by atoms with Crippen LogP contribution in [0.5, 0.6) is 5.75 Å². The monoisotopic (exact) mass is 728 g/mol. The van der Waals surface area contributed by atoms with E-state index in [1.165, 1.54) is 59.2 Å². The summed E-state index contributed by atoms with van der Waals surface area (Å²) in [7, 11) is -3.87. The lowest BCUT2D eigenvalue weighted by molar-refractivity contribution is -0.118. The van der Waals surface area contributed by atoms with E-state index in [4.69, 9.17) is 53.9 Å². The highest BCUT2D eigenvalue weighted by Gasteiger charge is 2.26. The van der Waals surface area contributed by atoms with Crippen LogP contribution in [0.15, 0.2) is 76.6 Å². The van der Waals surface area contributed by atoms with Gasteiger partial charge in [0.2, 0.25) is 10.0 Å². The number of hydrogen-bond acceptors (Lipinski definition) is 11. The van der Waals surface area contributed by atoms with E-state index >= 15 is 0 Å². The van der Waals surface area contributed by atoms with Gasteiger partial charge in [0.25, 0.3) is 5.91 Å². The van der Waals surface area contributed by atoms with E-state index in [9.17, 15) is 22.8 Å². The van der Waals surface area contributed by atoms with Gasteiger partial charge in [-0.3, -0.25) is 14.2 Å². The van der Waals surface area contributed by atoms with Gasteiger partial charge in [0.15, 0.2) is 12.4 Å². The molecule has 1 aliphatic heterocycles. The molecular formula is C32H30Cl2N6O8S. The number of aliphatic hydroxyl groups excluding tert-OH is 1. The van der Waals surface area contributed by atoms with E-state index in [1.807, 2.05) is 6.07 Å². The summed E-state index contributed by atoms with van der Waals surface area (Å²) in [6.07, 6.45) is 2.51. The van der Waals surface area contributed by atoms with E-state index in [-0.39, 0.29) is 62.1 Å². The highest BCUT2D eigenvalue weighted by molar-refractivity contribution is 7.89. The van der Waals surface area contributed by atoms with E-state index in [0.717, 1.165) is 6.42 Å². The summed E-state index contributed by atoms with van der Waals surface area (Å²) in [6.45, 7) is 1.15. The first-order chi connectivity index (χ1) is 23.2. The first kappa shape index (κ1) is 37.0. The number of nitrogens with two attached hydrogens (primary N) is 2. The molecule has 0 saturated carbocycles. The summed E-state index contributed by atoms with van der Waals surface area (Å²) in [5.74, 6) is -0.738. The normalized spacial score (nSPS) is 15.4. The van der Waals surface area contributed by atoms with Crippen LogP contribution in [-0.4, -0.2) is 54.1 Å². The molecule has 1 aromatic heterocycles. The molecule has 2 heterocycles. The van der Waals surface area contributed by atoms with Gasteiger partial charge in [0.1, 0.15) is 17.8 Å². The summed E-state index contributed by atoms with van der Waals surface area (Å²) in [4.78, 5) is 40.5. The van der Waals surface area contributed by atoms with E-state index in [2.05, 4.69) is 10.3 Å². The molecule has 17 heteroatoms. The average molecular weight is 730 g/mol. The minimum Gasteiger partial charge on any atom is -0.483 e. The molecule has 0 radical (unpaired) electrons. The number of aliphatic hydroxyl groups is 1. The molecule has 0 bridgehead atoms. The average Bonchev–Trinajstić information content (AvgIpc) is 3.53. The van der Waals surface area contributed by atoms with Crippen molar-refractivity contribution in [2.45, 2.75) is 37.0 Å². The van der Waals surface area contributed by atoms with Crippen molar-refractivity contribution >= 4 is 56.4 Å². The number of rotatable bonds is 9. The van der Waals surface area contributed by atoms with E-state index in [0.29, 0.717) is 17.7 Å². The number of aromatic nitrogens is 2. The van der Waals surface area contributed by atoms with E-state index < -0.39 is 34.0 Å². The van der Waals surface area contributed by atoms with Crippen molar-refractivity contribution in [1.29, 1.82) is 5.26 Å². The zero-order valence-electron chi connectivity index (χ0n) is 25.8. The van der Waals surface area contributed by atoms with Gasteiger partial charge >= 0.3 is 5.69 Å². The Bertz CT molecular complexity index is 2100. The van der Waals surface area contributed by atoms with Gasteiger partial charge in [-0.25, -0.2) is 18.4 Å². The fourth-order valence-corrected chi connectivity index (χ4v) is 5.71. The molecule has 1 fully saturated rings. The summed E-state index contributed by atoms with van der Waals surface area (Å²) in [5.41, 5.74) is 6.26. The smallest absolute Gasteiger partial charge is 0.351 e. The fraction of sp³-hybridized carbons (Fsp3) is 0.219. The number of halogens is 2. The molecule has 3 aromatic carbocycles. The Hall–Kier alpha value is -4.82. The molecular weight excluding hydrogens is 699 g/mol. The number of sulfonamides is 1. The summed E-state index contributed by atoms with van der Waals surface area (Å²) in [6, 6.07) is 16.1. The Morgan fingerprint density at radius 3 is 2.51 bits per heavy atom. The van der Waals surface area contributed by atoms with Gasteiger partial charge in [-0.05, 0) is 86.0 Å². The van der Waals surface area contributed by atoms with Crippen LogP contribution in [-0.2, 0) is 19.6 Å². The van der Waals surface area contributed by atoms with Gasteiger partial charge in [0.05, 0.1) is 34.8 Å². The summed E-state index contributed by atoms with van der Waals surface area (Å²) in [5, 5.41) is 26.2. The van der Waals surface area contributed by atoms with Crippen LogP contribution in [0.1, 0.15) is 46.1 Å². The second-order valence-electron chi connectivity index (χ2n) is 10.7. The number of aryl methyl sites for hydroxylation is 1. The lowest BCUT2D eigenvalue weighted by Gasteiger charge is -2.14. The van der Waals surface area contributed by atoms with Crippen molar-refractivity contribution in [1.82, 2.24) is 9.55 Å². The van der Waals surface area contributed by atoms with Gasteiger partial charge in [-0.2, -0.15) is 10.2 Å². The lowest BCUT2D eigenvalue weighted by atomic mass is 10.0. The number of nitriles is 1. The number of primary sulfonamides is 1. The van der Waals surface area contributed by atoms with Crippen molar-refractivity contribution in [3.8, 4) is 11.8 Å². The maximum atomic E-state index is 13.1. The summed E-state index contributed by atoms with van der Waals surface area (Å²) >= 11 is 12.1. The van der Waals surface area contributed by atoms with Crippen LogP contribution >= 0.6 is 23.2 Å². The molecule has 6 N–H and O–H groups in total. The van der Waals surface area contributed by atoms with Crippen molar-refractivity contribution in [2.75, 3.05) is 24.3 Å². The number of carbonyl (C=O) groups is 2. The molecule has 2 atom stereocenters. The zero-order chi connectivity index (χ0) is 35.9. The van der Waals surface area contributed by atoms with Gasteiger partial charge in [0, 0.05) is 27.5 Å². The molecule has 0 unspecified atom stereocenters. The van der Waals surface area contributed by atoms with Crippen LogP contribution in [0.2, 0.25) is 10.0 Å². The minimum atomic E-state index is -3.87. The molecule has 256 valence electrons. The third-order valence-electron chi connectivity index (χ3n) is 7.09. The molecule has 49 heavy (non-hydrogen) atoms. The van der Waals surface area contributed by atoms with Crippen LogP contribution in [0.25, 0.3) is 0 Å². The number of benzene rings is 3. The molecule has 0 spiro atoms. The number of ketones is 1. The summed E-state index contributed by atoms with van der Waals surface area (Å²) < 4.78 is 35.3. The molecule has 4 aromatic rings. The number of nitrogen functional groups attached to an aromatic ring is 1. The van der Waals surface area contributed by atoms with Crippen LogP contribution in [0, 0.1) is 18.3 Å². The fourth-order valence-electron chi connectivity index (χ4n) is 4.70. The minimum absolute atomic E-state index is 0.0202. The first-order valence-corrected chi connectivity index (χ1v) is 16.7. The Balaban J connectivity index is 0.000000299. The van der Waals surface area contributed by atoms with Gasteiger partial charge in [-0.1, -0.05) is 23.2 Å². The van der Waals surface area contributed by atoms with Crippen LogP contribution in [0.4, 0.5) is 11.5 Å². The number of anilines is 2. The molecule has 0 aliphatic carbocycles. The Morgan fingerprint density at radius 2 is 1.88 bits per heavy atom. The van der Waals surface area contributed by atoms with Gasteiger partial charge in [-0.15, -0.1) is 0 Å². The standard InChI is InChI=1S/C23H17Cl2N3O5S.C9H13N3O3/c1-13-6-18(34(27,31)32)3-4-20(13)28-22(29)12-33-21-5-2-16(24)10-19(21)23(30)15-7-14(11-26)8-17(25)9-15;10-7-3-4-12(9(14)11-7)8-2-1-6(5-13)15-8/h2-10H,12H2,1H3,(H,28,29)(H2,27,31,32);3-4,6,8,13H,1-2,5H2,(H2,10,11,14)/t;6-,8+/m.0/s1. The predicted molar refractivity (Wildman–Crippen MR) is 181 cm³/mol. The molecule has 1 saturated heterocycles. The largest absolute Gasteiger partial charge is 0.483 e. The second-order valence-corrected chi connectivity index (χ2v) is 13.1. The van der Waals surface area contributed by atoms with Crippen molar-refractivity contribution < 1.29 is 32.6 Å². The Morgan fingerprint density at radius 1 is 1.12 bits per heavy atom. The topological polar surface area (TPSA) is 230 Å². The maximum Gasteiger partial charge on any atom is 0.351 e. The quantitative estimate of drug-likeness (QED) is 0.182.